The number of aromatic nitrogens is 2. The third-order valence-corrected chi connectivity index (χ3v) is 11.3. The number of para-hydroxylation sites is 4. The molecule has 0 saturated heterocycles. The molecule has 2 heterocycles. The molecule has 9 aromatic carbocycles. The van der Waals surface area contributed by atoms with Crippen LogP contribution in [0.1, 0.15) is 0 Å². The van der Waals surface area contributed by atoms with Crippen molar-refractivity contribution in [2.75, 3.05) is 4.90 Å². The van der Waals surface area contributed by atoms with Crippen molar-refractivity contribution < 1.29 is 0 Å². The highest BCUT2D eigenvalue weighted by Crippen LogP contribution is 2.41. The second kappa shape index (κ2) is 13.6. The molecule has 11 rings (SSSR count). The zero-order chi connectivity index (χ0) is 37.7. The topological polar surface area (TPSA) is 13.1 Å². The highest BCUT2D eigenvalue weighted by molar-refractivity contribution is 6.11. The molecule has 0 fully saturated rings. The fourth-order valence-corrected chi connectivity index (χ4v) is 8.66. The SMILES string of the molecule is c1ccc(-c2cccc(N(c3ccc(-c4ccc(-n5c6ccccc6c6ccccc65)cc4)cc3)c3ccc4c5ccccc5n(-c5ccccc5)c4c3)c2)cc1. The van der Waals surface area contributed by atoms with E-state index in [-0.39, 0.29) is 0 Å². The molecular weight excluding hydrogens is 691 g/mol. The molecule has 0 aliphatic carbocycles. The van der Waals surface area contributed by atoms with Crippen LogP contribution in [0.15, 0.2) is 224 Å². The predicted octanol–water partition coefficient (Wildman–Crippen LogP) is 14.7. The average molecular weight is 728 g/mol. The van der Waals surface area contributed by atoms with E-state index in [0.29, 0.717) is 0 Å². The maximum absolute atomic E-state index is 2.39. The molecule has 0 aliphatic heterocycles. The minimum Gasteiger partial charge on any atom is -0.310 e. The van der Waals surface area contributed by atoms with Crippen LogP contribution in [-0.2, 0) is 0 Å². The van der Waals surface area contributed by atoms with Crippen LogP contribution in [0.4, 0.5) is 17.1 Å². The van der Waals surface area contributed by atoms with Crippen molar-refractivity contribution in [3.05, 3.63) is 224 Å². The normalized spacial score (nSPS) is 11.5. The summed E-state index contributed by atoms with van der Waals surface area (Å²) >= 11 is 0. The van der Waals surface area contributed by atoms with Crippen molar-refractivity contribution in [1.29, 1.82) is 0 Å². The maximum atomic E-state index is 2.39. The van der Waals surface area contributed by atoms with E-state index in [9.17, 15) is 0 Å². The van der Waals surface area contributed by atoms with Gasteiger partial charge in [0.1, 0.15) is 0 Å². The van der Waals surface area contributed by atoms with Crippen molar-refractivity contribution in [2.24, 2.45) is 0 Å². The summed E-state index contributed by atoms with van der Waals surface area (Å²) in [5.41, 5.74) is 15.1. The van der Waals surface area contributed by atoms with E-state index in [1.54, 1.807) is 0 Å². The quantitative estimate of drug-likeness (QED) is 0.159. The molecule has 0 spiro atoms. The number of benzene rings is 9. The summed E-state index contributed by atoms with van der Waals surface area (Å²) in [4.78, 5) is 2.38. The van der Waals surface area contributed by atoms with Crippen molar-refractivity contribution >= 4 is 60.7 Å². The summed E-state index contributed by atoms with van der Waals surface area (Å²) in [5.74, 6) is 0. The van der Waals surface area contributed by atoms with E-state index in [1.165, 1.54) is 65.9 Å². The number of hydrogen-bond acceptors (Lipinski definition) is 1. The van der Waals surface area contributed by atoms with Gasteiger partial charge in [0.05, 0.1) is 22.1 Å². The Morgan fingerprint density at radius 3 is 1.28 bits per heavy atom. The monoisotopic (exact) mass is 727 g/mol. The molecule has 0 aliphatic rings. The van der Waals surface area contributed by atoms with Gasteiger partial charge in [-0.3, -0.25) is 0 Å². The van der Waals surface area contributed by atoms with Crippen molar-refractivity contribution in [3.8, 4) is 33.6 Å². The van der Waals surface area contributed by atoms with Crippen LogP contribution in [-0.4, -0.2) is 9.13 Å². The highest BCUT2D eigenvalue weighted by Gasteiger charge is 2.18. The maximum Gasteiger partial charge on any atom is 0.0561 e. The minimum absolute atomic E-state index is 1.09. The lowest BCUT2D eigenvalue weighted by atomic mass is 10.0. The summed E-state index contributed by atoms with van der Waals surface area (Å²) in [6, 6.07) is 81.1. The van der Waals surface area contributed by atoms with E-state index in [2.05, 4.69) is 238 Å². The van der Waals surface area contributed by atoms with E-state index in [1.807, 2.05) is 0 Å². The molecule has 0 atom stereocenters. The lowest BCUT2D eigenvalue weighted by Gasteiger charge is -2.26. The van der Waals surface area contributed by atoms with Gasteiger partial charge in [-0.15, -0.1) is 0 Å². The Morgan fingerprint density at radius 2 is 0.667 bits per heavy atom. The van der Waals surface area contributed by atoms with Gasteiger partial charge in [0, 0.05) is 50.0 Å². The van der Waals surface area contributed by atoms with Crippen molar-refractivity contribution in [2.45, 2.75) is 0 Å². The fraction of sp³-hybridized carbons (Fsp3) is 0. The molecule has 11 aromatic rings. The standard InChI is InChI=1S/C54H37N3/c1-3-14-38(15-4-1)41-16-13-19-45(36-41)55(46-34-35-50-49-22-9-12-25-53(49)57(54(50)37-46)42-17-5-2-6-18-42)43-30-26-39(27-31-43)40-28-32-44(33-29-40)56-51-23-10-7-20-47(51)48-21-8-11-24-52(48)56/h1-37H. The summed E-state index contributed by atoms with van der Waals surface area (Å²) in [5, 5.41) is 5.02. The lowest BCUT2D eigenvalue weighted by Crippen LogP contribution is -2.10. The summed E-state index contributed by atoms with van der Waals surface area (Å²) < 4.78 is 4.76. The molecule has 0 radical (unpaired) electrons. The van der Waals surface area contributed by atoms with E-state index < -0.39 is 0 Å². The minimum atomic E-state index is 1.09. The molecule has 57 heavy (non-hydrogen) atoms. The Kier molecular flexibility index (Phi) is 7.82. The Morgan fingerprint density at radius 1 is 0.246 bits per heavy atom. The number of nitrogens with zero attached hydrogens (tertiary/aromatic N) is 3. The number of anilines is 3. The van der Waals surface area contributed by atoms with Crippen molar-refractivity contribution in [3.63, 3.8) is 0 Å². The average Bonchev–Trinajstić information content (AvgIpc) is 3.80. The van der Waals surface area contributed by atoms with E-state index in [0.717, 1.165) is 28.4 Å². The van der Waals surface area contributed by atoms with Gasteiger partial charge in [-0.2, -0.15) is 0 Å². The molecule has 0 N–H and O–H groups in total. The van der Waals surface area contributed by atoms with Gasteiger partial charge in [-0.05, 0) is 101 Å². The van der Waals surface area contributed by atoms with Gasteiger partial charge >= 0.3 is 0 Å². The zero-order valence-electron chi connectivity index (χ0n) is 31.2. The summed E-state index contributed by atoms with van der Waals surface area (Å²) in [7, 11) is 0. The summed E-state index contributed by atoms with van der Waals surface area (Å²) in [6.07, 6.45) is 0. The Balaban J connectivity index is 1.02. The van der Waals surface area contributed by atoms with Gasteiger partial charge in [0.2, 0.25) is 0 Å². The fourth-order valence-electron chi connectivity index (χ4n) is 8.66. The molecule has 268 valence electrons. The smallest absolute Gasteiger partial charge is 0.0561 e. The molecular formula is C54H37N3. The van der Waals surface area contributed by atoms with Crippen LogP contribution in [0.25, 0.3) is 77.2 Å². The molecule has 2 aromatic heterocycles. The Hall–Kier alpha value is -7.62. The number of fused-ring (bicyclic) bond motifs is 6. The first-order chi connectivity index (χ1) is 28.3. The third-order valence-electron chi connectivity index (χ3n) is 11.3. The van der Waals surface area contributed by atoms with Crippen LogP contribution in [0, 0.1) is 0 Å². The van der Waals surface area contributed by atoms with Crippen molar-refractivity contribution in [1.82, 2.24) is 9.13 Å². The Bertz CT molecular complexity index is 3160. The van der Waals surface area contributed by atoms with Gasteiger partial charge in [-0.1, -0.05) is 146 Å². The molecule has 0 saturated carbocycles. The predicted molar refractivity (Wildman–Crippen MR) is 241 cm³/mol. The number of rotatable bonds is 7. The highest BCUT2D eigenvalue weighted by atomic mass is 15.1. The second-order valence-corrected chi connectivity index (χ2v) is 14.6. The molecule has 0 unspecified atom stereocenters. The lowest BCUT2D eigenvalue weighted by molar-refractivity contribution is 1.18. The van der Waals surface area contributed by atoms with Crippen LogP contribution in [0.5, 0.6) is 0 Å². The molecule has 0 amide bonds. The van der Waals surface area contributed by atoms with Gasteiger partial charge in [-0.25, -0.2) is 0 Å². The number of hydrogen-bond donors (Lipinski definition) is 0. The Labute approximate surface area is 331 Å². The molecule has 0 bridgehead atoms. The first kappa shape index (κ1) is 32.8. The van der Waals surface area contributed by atoms with Crippen LogP contribution in [0.3, 0.4) is 0 Å². The van der Waals surface area contributed by atoms with Gasteiger partial charge in [0.25, 0.3) is 0 Å². The van der Waals surface area contributed by atoms with Crippen LogP contribution < -0.4 is 4.90 Å². The second-order valence-electron chi connectivity index (χ2n) is 14.6. The van der Waals surface area contributed by atoms with E-state index >= 15 is 0 Å². The van der Waals surface area contributed by atoms with Crippen LogP contribution in [0.2, 0.25) is 0 Å². The first-order valence-electron chi connectivity index (χ1n) is 19.5. The van der Waals surface area contributed by atoms with E-state index in [4.69, 9.17) is 0 Å². The van der Waals surface area contributed by atoms with Crippen LogP contribution >= 0.6 is 0 Å². The first-order valence-corrected chi connectivity index (χ1v) is 19.5. The third kappa shape index (κ3) is 5.60. The van der Waals surface area contributed by atoms with Gasteiger partial charge < -0.3 is 14.0 Å². The zero-order valence-corrected chi connectivity index (χ0v) is 31.2. The summed E-state index contributed by atoms with van der Waals surface area (Å²) in [6.45, 7) is 0. The molecule has 3 heteroatoms. The van der Waals surface area contributed by atoms with Gasteiger partial charge in [0.15, 0.2) is 0 Å². The largest absolute Gasteiger partial charge is 0.310 e. The molecule has 3 nitrogen and oxygen atoms in total.